The minimum atomic E-state index is 0.543. The van der Waals surface area contributed by atoms with Gasteiger partial charge < -0.3 is 5.32 Å². The number of benzene rings is 1. The van der Waals surface area contributed by atoms with Gasteiger partial charge in [-0.2, -0.15) is 11.8 Å². The lowest BCUT2D eigenvalue weighted by Crippen LogP contribution is -2.17. The van der Waals surface area contributed by atoms with Crippen LogP contribution in [-0.2, 0) is 0 Å². The van der Waals surface area contributed by atoms with Crippen LogP contribution < -0.4 is 5.32 Å². The zero-order valence-electron chi connectivity index (χ0n) is 8.22. The van der Waals surface area contributed by atoms with Gasteiger partial charge >= 0.3 is 0 Å². The van der Waals surface area contributed by atoms with E-state index in [1.54, 1.807) is 0 Å². The Morgan fingerprint density at radius 2 is 2.29 bits per heavy atom. The number of halogens is 1. The van der Waals surface area contributed by atoms with E-state index in [9.17, 15) is 0 Å². The van der Waals surface area contributed by atoms with E-state index in [0.29, 0.717) is 4.75 Å². The fraction of sp³-hybridized carbons (Fsp3) is 0.455. The highest BCUT2D eigenvalue weighted by Gasteiger charge is 2.41. The second-order valence-corrected chi connectivity index (χ2v) is 6.27. The minimum Gasteiger partial charge on any atom is -0.384 e. The molecule has 1 N–H and O–H groups in total. The van der Waals surface area contributed by atoms with Crippen molar-refractivity contribution in [3.63, 3.8) is 0 Å². The summed E-state index contributed by atoms with van der Waals surface area (Å²) in [4.78, 5) is 0. The van der Waals surface area contributed by atoms with Crippen LogP contribution in [0.3, 0.4) is 0 Å². The lowest BCUT2D eigenvalue weighted by atomic mass is 10.3. The Morgan fingerprint density at radius 3 is 2.86 bits per heavy atom. The summed E-state index contributed by atoms with van der Waals surface area (Å²) in [5.74, 6) is 0. The van der Waals surface area contributed by atoms with E-state index in [0.717, 1.165) is 6.54 Å². The molecule has 76 valence electrons. The van der Waals surface area contributed by atoms with Crippen molar-refractivity contribution in [1.29, 1.82) is 0 Å². The van der Waals surface area contributed by atoms with Gasteiger partial charge in [0.25, 0.3) is 0 Å². The average molecular weight is 319 g/mol. The second kappa shape index (κ2) is 4.31. The third-order valence-electron chi connectivity index (χ3n) is 2.68. The van der Waals surface area contributed by atoms with Crippen molar-refractivity contribution in [2.24, 2.45) is 0 Å². The monoisotopic (exact) mass is 319 g/mol. The summed E-state index contributed by atoms with van der Waals surface area (Å²) in [6.45, 7) is 1.11. The van der Waals surface area contributed by atoms with Crippen molar-refractivity contribution in [3.8, 4) is 0 Å². The molecule has 0 atom stereocenters. The van der Waals surface area contributed by atoms with Crippen LogP contribution >= 0.6 is 34.4 Å². The first-order valence-electron chi connectivity index (χ1n) is 4.79. The Balaban J connectivity index is 1.92. The van der Waals surface area contributed by atoms with Crippen LogP contribution in [0.2, 0.25) is 0 Å². The number of thioether (sulfide) groups is 1. The SMILES string of the molecule is CSC1(CNc2cccc(I)c2)CC1. The summed E-state index contributed by atoms with van der Waals surface area (Å²) in [7, 11) is 0. The van der Waals surface area contributed by atoms with Gasteiger partial charge in [0.1, 0.15) is 0 Å². The van der Waals surface area contributed by atoms with Crippen LogP contribution in [0.4, 0.5) is 5.69 Å². The first-order valence-corrected chi connectivity index (χ1v) is 7.09. The van der Waals surface area contributed by atoms with E-state index < -0.39 is 0 Å². The zero-order valence-corrected chi connectivity index (χ0v) is 11.2. The molecule has 1 fully saturated rings. The molecule has 1 aliphatic rings. The number of nitrogens with one attached hydrogen (secondary N) is 1. The van der Waals surface area contributed by atoms with Gasteiger partial charge in [0, 0.05) is 20.5 Å². The summed E-state index contributed by atoms with van der Waals surface area (Å²) in [5.41, 5.74) is 1.25. The topological polar surface area (TPSA) is 12.0 Å². The highest BCUT2D eigenvalue weighted by molar-refractivity contribution is 14.1. The molecule has 0 aliphatic heterocycles. The van der Waals surface area contributed by atoms with Gasteiger partial charge in [-0.3, -0.25) is 0 Å². The second-order valence-electron chi connectivity index (χ2n) is 3.75. The van der Waals surface area contributed by atoms with Gasteiger partial charge in [-0.15, -0.1) is 0 Å². The predicted molar refractivity (Wildman–Crippen MR) is 73.1 cm³/mol. The van der Waals surface area contributed by atoms with E-state index in [4.69, 9.17) is 0 Å². The van der Waals surface area contributed by atoms with Gasteiger partial charge in [-0.25, -0.2) is 0 Å². The van der Waals surface area contributed by atoms with E-state index >= 15 is 0 Å². The summed E-state index contributed by atoms with van der Waals surface area (Å²) in [6, 6.07) is 8.55. The molecule has 1 aliphatic carbocycles. The molecule has 0 aromatic heterocycles. The highest BCUT2D eigenvalue weighted by atomic mass is 127. The van der Waals surface area contributed by atoms with Gasteiger partial charge in [0.05, 0.1) is 0 Å². The molecule has 1 nitrogen and oxygen atoms in total. The largest absolute Gasteiger partial charge is 0.384 e. The van der Waals surface area contributed by atoms with Gasteiger partial charge in [0.2, 0.25) is 0 Å². The molecule has 1 aromatic rings. The molecule has 0 radical (unpaired) electrons. The quantitative estimate of drug-likeness (QED) is 0.851. The number of hydrogen-bond donors (Lipinski definition) is 1. The standard InChI is InChI=1S/C11H14INS/c1-14-11(5-6-11)8-13-10-4-2-3-9(12)7-10/h2-4,7,13H,5-6,8H2,1H3. The molecular weight excluding hydrogens is 305 g/mol. The molecule has 0 heterocycles. The average Bonchev–Trinajstić information content (AvgIpc) is 2.96. The summed E-state index contributed by atoms with van der Waals surface area (Å²) in [5, 5.41) is 3.51. The molecule has 14 heavy (non-hydrogen) atoms. The Kier molecular flexibility index (Phi) is 3.27. The number of anilines is 1. The molecule has 0 saturated heterocycles. The first kappa shape index (κ1) is 10.6. The van der Waals surface area contributed by atoms with Crippen molar-refractivity contribution < 1.29 is 0 Å². The number of rotatable bonds is 4. The summed E-state index contributed by atoms with van der Waals surface area (Å²) in [6.07, 6.45) is 4.94. The lowest BCUT2D eigenvalue weighted by molar-refractivity contribution is 0.949. The van der Waals surface area contributed by atoms with Crippen LogP contribution in [0.15, 0.2) is 24.3 Å². The van der Waals surface area contributed by atoms with Crippen molar-refractivity contribution in [2.45, 2.75) is 17.6 Å². The minimum absolute atomic E-state index is 0.543. The number of hydrogen-bond acceptors (Lipinski definition) is 2. The van der Waals surface area contributed by atoms with E-state index in [1.165, 1.54) is 22.1 Å². The Morgan fingerprint density at radius 1 is 1.50 bits per heavy atom. The highest BCUT2D eigenvalue weighted by Crippen LogP contribution is 2.47. The Bertz CT molecular complexity index is 323. The lowest BCUT2D eigenvalue weighted by Gasteiger charge is -2.14. The van der Waals surface area contributed by atoms with Crippen LogP contribution in [0.25, 0.3) is 0 Å². The third-order valence-corrected chi connectivity index (χ3v) is 4.77. The maximum absolute atomic E-state index is 3.51. The van der Waals surface area contributed by atoms with Crippen LogP contribution in [0.1, 0.15) is 12.8 Å². The fourth-order valence-corrected chi connectivity index (χ4v) is 2.72. The summed E-state index contributed by atoms with van der Waals surface area (Å²) < 4.78 is 1.84. The molecular formula is C11H14INS. The Hall–Kier alpha value is 0.100. The molecule has 3 heteroatoms. The third kappa shape index (κ3) is 2.57. The predicted octanol–water partition coefficient (Wildman–Crippen LogP) is 3.60. The van der Waals surface area contributed by atoms with Gasteiger partial charge in [-0.05, 0) is 59.9 Å². The van der Waals surface area contributed by atoms with Crippen LogP contribution in [0, 0.1) is 3.57 Å². The maximum Gasteiger partial charge on any atom is 0.0351 e. The molecule has 2 rings (SSSR count). The molecule has 0 spiro atoms. The summed E-state index contributed by atoms with van der Waals surface area (Å²) >= 11 is 4.34. The zero-order chi connectivity index (χ0) is 10.0. The molecule has 0 bridgehead atoms. The maximum atomic E-state index is 3.51. The smallest absolute Gasteiger partial charge is 0.0351 e. The van der Waals surface area contributed by atoms with Crippen LogP contribution in [0.5, 0.6) is 0 Å². The van der Waals surface area contributed by atoms with Crippen molar-refractivity contribution in [2.75, 3.05) is 18.1 Å². The van der Waals surface area contributed by atoms with Gasteiger partial charge in [-0.1, -0.05) is 6.07 Å². The fourth-order valence-electron chi connectivity index (χ4n) is 1.45. The molecule has 1 aromatic carbocycles. The molecule has 1 saturated carbocycles. The van der Waals surface area contributed by atoms with E-state index in [1.807, 2.05) is 11.8 Å². The van der Waals surface area contributed by atoms with Gasteiger partial charge in [0.15, 0.2) is 0 Å². The van der Waals surface area contributed by atoms with E-state index in [-0.39, 0.29) is 0 Å². The van der Waals surface area contributed by atoms with Crippen molar-refractivity contribution in [3.05, 3.63) is 27.8 Å². The normalized spacial score (nSPS) is 17.9. The van der Waals surface area contributed by atoms with E-state index in [2.05, 4.69) is 58.4 Å². The first-order chi connectivity index (χ1) is 6.74. The molecule has 0 amide bonds. The Labute approximate surface area is 103 Å². The van der Waals surface area contributed by atoms with Crippen molar-refractivity contribution in [1.82, 2.24) is 0 Å². The van der Waals surface area contributed by atoms with Crippen LogP contribution in [-0.4, -0.2) is 17.5 Å². The molecule has 0 unspecified atom stereocenters. The van der Waals surface area contributed by atoms with Crippen molar-refractivity contribution >= 4 is 40.0 Å².